The van der Waals surface area contributed by atoms with Gasteiger partial charge in [-0.2, -0.15) is 0 Å². The number of carbonyl (C=O) groups is 2. The lowest BCUT2D eigenvalue weighted by atomic mass is 10.1. The molecule has 1 aliphatic rings. The van der Waals surface area contributed by atoms with E-state index >= 15 is 0 Å². The number of hydrogen-bond donors (Lipinski definition) is 0. The van der Waals surface area contributed by atoms with Crippen LogP contribution in [-0.2, 0) is 4.74 Å². The third-order valence-corrected chi connectivity index (χ3v) is 2.90. The smallest absolute Gasteiger partial charge is 0.261 e. The lowest BCUT2D eigenvalue weighted by molar-refractivity contribution is 0.0562. The summed E-state index contributed by atoms with van der Waals surface area (Å²) in [5.41, 5.74) is 0.972. The summed E-state index contributed by atoms with van der Waals surface area (Å²) in [6.07, 6.45) is 0. The molecule has 0 saturated heterocycles. The van der Waals surface area contributed by atoms with E-state index in [2.05, 4.69) is 22.6 Å². The van der Waals surface area contributed by atoms with Gasteiger partial charge in [-0.15, -0.1) is 0 Å². The number of imide groups is 1. The number of benzene rings is 1. The van der Waals surface area contributed by atoms with Gasteiger partial charge >= 0.3 is 0 Å². The van der Waals surface area contributed by atoms with Gasteiger partial charge in [-0.05, 0) is 19.1 Å². The Balaban J connectivity index is 2.08. The predicted octanol–water partition coefficient (Wildman–Crippen LogP) is 2.08. The molecule has 0 N–H and O–H groups in total. The van der Waals surface area contributed by atoms with Crippen LogP contribution in [-0.4, -0.2) is 34.0 Å². The maximum Gasteiger partial charge on any atom is 0.261 e. The highest BCUT2D eigenvalue weighted by Gasteiger charge is 2.34. The molecule has 0 fully saturated rings. The molecule has 2 amide bonds. The van der Waals surface area contributed by atoms with Gasteiger partial charge in [-0.3, -0.25) is 14.5 Å². The number of alkyl halides is 1. The molecule has 1 aliphatic heterocycles. The Morgan fingerprint density at radius 2 is 1.76 bits per heavy atom. The molecule has 0 radical (unpaired) electrons. The third kappa shape index (κ3) is 2.50. The normalized spacial score (nSPS) is 16.2. The summed E-state index contributed by atoms with van der Waals surface area (Å²) < 4.78 is 5.41. The van der Waals surface area contributed by atoms with Crippen LogP contribution in [0, 0.1) is 0 Å². The van der Waals surface area contributed by atoms with Gasteiger partial charge in [0.15, 0.2) is 0 Å². The minimum atomic E-state index is -0.227. The molecule has 1 unspecified atom stereocenters. The summed E-state index contributed by atoms with van der Waals surface area (Å²) in [6, 6.07) is 6.88. The van der Waals surface area contributed by atoms with Gasteiger partial charge in [0.25, 0.3) is 11.8 Å². The van der Waals surface area contributed by atoms with Crippen molar-refractivity contribution in [1.29, 1.82) is 0 Å². The van der Waals surface area contributed by atoms with Crippen molar-refractivity contribution in [3.05, 3.63) is 35.4 Å². The SMILES string of the molecule is CC(I)OCCN1C(=O)c2ccccc2C1=O. The first-order chi connectivity index (χ1) is 8.11. The third-order valence-electron chi connectivity index (χ3n) is 2.54. The molecule has 1 aromatic rings. The van der Waals surface area contributed by atoms with Crippen LogP contribution in [0.2, 0.25) is 0 Å². The molecule has 1 atom stereocenters. The van der Waals surface area contributed by atoms with Crippen molar-refractivity contribution in [1.82, 2.24) is 4.90 Å². The minimum Gasteiger partial charge on any atom is -0.366 e. The number of carbonyl (C=O) groups excluding carboxylic acids is 2. The molecule has 17 heavy (non-hydrogen) atoms. The van der Waals surface area contributed by atoms with Crippen molar-refractivity contribution in [3.63, 3.8) is 0 Å². The van der Waals surface area contributed by atoms with Crippen molar-refractivity contribution < 1.29 is 14.3 Å². The van der Waals surface area contributed by atoms with Gasteiger partial charge in [0.05, 0.1) is 24.3 Å². The summed E-state index contributed by atoms with van der Waals surface area (Å²) in [7, 11) is 0. The fraction of sp³-hybridized carbons (Fsp3) is 0.333. The Bertz CT molecular complexity index is 424. The molecule has 0 aromatic heterocycles. The maximum atomic E-state index is 11.9. The first kappa shape index (κ1) is 12.5. The number of amides is 2. The molecule has 0 saturated carbocycles. The van der Waals surface area contributed by atoms with Crippen molar-refractivity contribution in [2.45, 2.75) is 11.0 Å². The van der Waals surface area contributed by atoms with Crippen molar-refractivity contribution in [3.8, 4) is 0 Å². The molecule has 1 heterocycles. The summed E-state index contributed by atoms with van der Waals surface area (Å²) in [4.78, 5) is 25.1. The largest absolute Gasteiger partial charge is 0.366 e. The molecule has 90 valence electrons. The van der Waals surface area contributed by atoms with E-state index in [-0.39, 0.29) is 15.9 Å². The molecule has 0 spiro atoms. The van der Waals surface area contributed by atoms with Crippen LogP contribution in [0.25, 0.3) is 0 Å². The number of nitrogens with zero attached hydrogens (tertiary/aromatic N) is 1. The van der Waals surface area contributed by atoms with Gasteiger partial charge in [-0.25, -0.2) is 0 Å². The zero-order chi connectivity index (χ0) is 12.4. The Hall–Kier alpha value is -0.950. The molecule has 0 bridgehead atoms. The van der Waals surface area contributed by atoms with Gasteiger partial charge in [-0.1, -0.05) is 34.7 Å². The highest BCUT2D eigenvalue weighted by atomic mass is 127. The van der Waals surface area contributed by atoms with Crippen LogP contribution in [0.1, 0.15) is 27.6 Å². The number of hydrogen-bond acceptors (Lipinski definition) is 3. The lowest BCUT2D eigenvalue weighted by Crippen LogP contribution is -2.33. The van der Waals surface area contributed by atoms with Gasteiger partial charge < -0.3 is 4.74 Å². The monoisotopic (exact) mass is 345 g/mol. The summed E-state index contributed by atoms with van der Waals surface area (Å²) >= 11 is 2.13. The quantitative estimate of drug-likeness (QED) is 0.477. The van der Waals surface area contributed by atoms with Crippen LogP contribution in [0.5, 0.6) is 0 Å². The summed E-state index contributed by atoms with van der Waals surface area (Å²) in [5.74, 6) is -0.453. The summed E-state index contributed by atoms with van der Waals surface area (Å²) in [5, 5.41) is 0. The fourth-order valence-electron chi connectivity index (χ4n) is 1.75. The molecule has 5 heteroatoms. The topological polar surface area (TPSA) is 46.6 Å². The van der Waals surface area contributed by atoms with Crippen molar-refractivity contribution in [2.75, 3.05) is 13.2 Å². The zero-order valence-electron chi connectivity index (χ0n) is 9.35. The second kappa shape index (κ2) is 5.14. The van der Waals surface area contributed by atoms with E-state index in [1.165, 1.54) is 4.90 Å². The average Bonchev–Trinajstić information content (AvgIpc) is 2.54. The van der Waals surface area contributed by atoms with E-state index in [1.807, 2.05) is 6.92 Å². The van der Waals surface area contributed by atoms with Gasteiger partial charge in [0.1, 0.15) is 4.11 Å². The van der Waals surface area contributed by atoms with Gasteiger partial charge in [0, 0.05) is 0 Å². The van der Waals surface area contributed by atoms with Crippen LogP contribution >= 0.6 is 22.6 Å². The molecular formula is C12H12INO3. The highest BCUT2D eigenvalue weighted by molar-refractivity contribution is 14.1. The Morgan fingerprint density at radius 3 is 2.24 bits per heavy atom. The Labute approximate surface area is 113 Å². The summed E-state index contributed by atoms with van der Waals surface area (Å²) in [6.45, 7) is 2.58. The standard InChI is InChI=1S/C12H12INO3/c1-8(13)17-7-6-14-11(15)9-4-2-3-5-10(9)12(14)16/h2-5,8H,6-7H2,1H3. The highest BCUT2D eigenvalue weighted by Crippen LogP contribution is 2.21. The van der Waals surface area contributed by atoms with Gasteiger partial charge in [0.2, 0.25) is 0 Å². The van der Waals surface area contributed by atoms with E-state index in [9.17, 15) is 9.59 Å². The van der Waals surface area contributed by atoms with E-state index in [0.29, 0.717) is 24.3 Å². The molecule has 0 aliphatic carbocycles. The number of fused-ring (bicyclic) bond motifs is 1. The van der Waals surface area contributed by atoms with Crippen LogP contribution in [0.3, 0.4) is 0 Å². The van der Waals surface area contributed by atoms with E-state index in [4.69, 9.17) is 4.74 Å². The van der Waals surface area contributed by atoms with Crippen molar-refractivity contribution >= 4 is 34.4 Å². The second-order valence-electron chi connectivity index (χ2n) is 3.72. The molecule has 1 aromatic carbocycles. The predicted molar refractivity (Wildman–Crippen MR) is 71.2 cm³/mol. The lowest BCUT2D eigenvalue weighted by Gasteiger charge is -2.14. The van der Waals surface area contributed by atoms with E-state index < -0.39 is 0 Å². The molecule has 2 rings (SSSR count). The maximum absolute atomic E-state index is 11.9. The minimum absolute atomic E-state index is 0.0720. The fourth-order valence-corrected chi connectivity index (χ4v) is 2.00. The Kier molecular flexibility index (Phi) is 3.78. The second-order valence-corrected chi connectivity index (χ2v) is 5.48. The number of ether oxygens (including phenoxy) is 1. The van der Waals surface area contributed by atoms with E-state index in [1.54, 1.807) is 24.3 Å². The molecule has 4 nitrogen and oxygen atoms in total. The number of rotatable bonds is 4. The van der Waals surface area contributed by atoms with E-state index in [0.717, 1.165) is 0 Å². The van der Waals surface area contributed by atoms with Crippen LogP contribution in [0.4, 0.5) is 0 Å². The Morgan fingerprint density at radius 1 is 1.24 bits per heavy atom. The number of halogens is 1. The average molecular weight is 345 g/mol. The zero-order valence-corrected chi connectivity index (χ0v) is 11.5. The van der Waals surface area contributed by atoms with Crippen LogP contribution in [0.15, 0.2) is 24.3 Å². The first-order valence-electron chi connectivity index (χ1n) is 5.32. The first-order valence-corrected chi connectivity index (χ1v) is 6.56. The van der Waals surface area contributed by atoms with Crippen molar-refractivity contribution in [2.24, 2.45) is 0 Å². The van der Waals surface area contributed by atoms with Crippen LogP contribution < -0.4 is 0 Å². The molecular weight excluding hydrogens is 333 g/mol.